The molecule has 0 spiro atoms. The highest BCUT2D eigenvalue weighted by molar-refractivity contribution is 7.89. The minimum Gasteiger partial charge on any atom is -0.462 e. The quantitative estimate of drug-likeness (QED) is 0.574. The van der Waals surface area contributed by atoms with Gasteiger partial charge in [0.05, 0.1) is 17.1 Å². The van der Waals surface area contributed by atoms with E-state index < -0.39 is 16.0 Å². The first-order valence-electron chi connectivity index (χ1n) is 5.98. The normalized spacial score (nSPS) is 10.7. The number of ether oxygens (including phenoxy) is 1. The summed E-state index contributed by atoms with van der Waals surface area (Å²) in [5.74, 6) is -0.470. The number of hydrogen-bond donors (Lipinski definition) is 2. The van der Waals surface area contributed by atoms with E-state index in [1.807, 2.05) is 0 Å². The van der Waals surface area contributed by atoms with Crippen LogP contribution in [0.5, 0.6) is 0 Å². The van der Waals surface area contributed by atoms with Crippen LogP contribution in [-0.2, 0) is 14.8 Å². The van der Waals surface area contributed by atoms with Crippen molar-refractivity contribution in [1.29, 1.82) is 0 Å². The predicted molar refractivity (Wildman–Crippen MR) is 78.5 cm³/mol. The van der Waals surface area contributed by atoms with Crippen LogP contribution in [0.3, 0.4) is 0 Å². The fourth-order valence-corrected chi connectivity index (χ4v) is 2.45. The molecule has 1 aromatic carbocycles. The van der Waals surface area contributed by atoms with Crippen molar-refractivity contribution in [3.05, 3.63) is 29.8 Å². The average molecular weight is 323 g/mol. The number of sulfonamides is 1. The largest absolute Gasteiger partial charge is 0.462 e. The number of rotatable bonds is 7. The number of carbonyl (C=O) groups excluding carboxylic acids is 1. The molecule has 114 valence electrons. The predicted octanol–water partition coefficient (Wildman–Crippen LogP) is 0.912. The zero-order chi connectivity index (χ0) is 14.3. The topological polar surface area (TPSA) is 98.5 Å². The molecule has 0 radical (unpaired) electrons. The van der Waals surface area contributed by atoms with Gasteiger partial charge in [0.1, 0.15) is 0 Å². The SMILES string of the molecule is CCOC(=O)c1ccc(S(=O)(=O)NCCCN)cc1.Cl. The van der Waals surface area contributed by atoms with Crippen LogP contribution in [0, 0.1) is 0 Å². The summed E-state index contributed by atoms with van der Waals surface area (Å²) in [7, 11) is -3.54. The molecule has 1 aromatic rings. The number of halogens is 1. The van der Waals surface area contributed by atoms with Gasteiger partial charge < -0.3 is 10.5 Å². The summed E-state index contributed by atoms with van der Waals surface area (Å²) in [6, 6.07) is 5.60. The maximum absolute atomic E-state index is 11.8. The summed E-state index contributed by atoms with van der Waals surface area (Å²) in [5.41, 5.74) is 5.61. The van der Waals surface area contributed by atoms with E-state index in [2.05, 4.69) is 4.72 Å². The summed E-state index contributed by atoms with van der Waals surface area (Å²) in [5, 5.41) is 0. The van der Waals surface area contributed by atoms with Gasteiger partial charge in [0.2, 0.25) is 10.0 Å². The zero-order valence-electron chi connectivity index (χ0n) is 11.2. The van der Waals surface area contributed by atoms with Gasteiger partial charge in [0.25, 0.3) is 0 Å². The molecule has 0 atom stereocenters. The fraction of sp³-hybridized carbons (Fsp3) is 0.417. The van der Waals surface area contributed by atoms with E-state index >= 15 is 0 Å². The first kappa shape index (κ1) is 18.9. The van der Waals surface area contributed by atoms with Gasteiger partial charge in [-0.25, -0.2) is 17.9 Å². The third-order valence-electron chi connectivity index (χ3n) is 2.35. The Kier molecular flexibility index (Phi) is 8.40. The number of benzene rings is 1. The summed E-state index contributed by atoms with van der Waals surface area (Å²) >= 11 is 0. The second-order valence-electron chi connectivity index (χ2n) is 3.78. The molecule has 0 saturated carbocycles. The van der Waals surface area contributed by atoms with E-state index in [1.165, 1.54) is 24.3 Å². The molecule has 0 aromatic heterocycles. The maximum Gasteiger partial charge on any atom is 0.338 e. The molecule has 1 rings (SSSR count). The van der Waals surface area contributed by atoms with Crippen LogP contribution in [0.1, 0.15) is 23.7 Å². The smallest absolute Gasteiger partial charge is 0.338 e. The lowest BCUT2D eigenvalue weighted by Gasteiger charge is -2.07. The molecular formula is C12H19ClN2O4S. The van der Waals surface area contributed by atoms with Crippen molar-refractivity contribution in [2.24, 2.45) is 5.73 Å². The zero-order valence-corrected chi connectivity index (χ0v) is 12.8. The second-order valence-corrected chi connectivity index (χ2v) is 5.55. The van der Waals surface area contributed by atoms with Crippen molar-refractivity contribution in [3.8, 4) is 0 Å². The van der Waals surface area contributed by atoms with E-state index in [0.29, 0.717) is 25.1 Å². The highest BCUT2D eigenvalue weighted by Gasteiger charge is 2.14. The van der Waals surface area contributed by atoms with Crippen LogP contribution in [0.15, 0.2) is 29.2 Å². The standard InChI is InChI=1S/C12H18N2O4S.ClH/c1-2-18-12(15)10-4-6-11(7-5-10)19(16,17)14-9-3-8-13;/h4-7,14H,2-3,8-9,13H2,1H3;1H. The van der Waals surface area contributed by atoms with Crippen molar-refractivity contribution in [1.82, 2.24) is 4.72 Å². The minimum atomic E-state index is -3.54. The number of nitrogens with one attached hydrogen (secondary N) is 1. The maximum atomic E-state index is 11.8. The van der Waals surface area contributed by atoms with Gasteiger partial charge in [-0.3, -0.25) is 0 Å². The molecule has 20 heavy (non-hydrogen) atoms. The highest BCUT2D eigenvalue weighted by atomic mass is 35.5. The van der Waals surface area contributed by atoms with Crippen molar-refractivity contribution >= 4 is 28.4 Å². The monoisotopic (exact) mass is 322 g/mol. The van der Waals surface area contributed by atoms with Crippen LogP contribution in [0.25, 0.3) is 0 Å². The number of esters is 1. The molecule has 0 saturated heterocycles. The van der Waals surface area contributed by atoms with Gasteiger partial charge in [-0.15, -0.1) is 12.4 Å². The molecule has 0 aliphatic rings. The molecule has 8 heteroatoms. The number of hydrogen-bond acceptors (Lipinski definition) is 5. The van der Waals surface area contributed by atoms with Crippen molar-refractivity contribution in [3.63, 3.8) is 0 Å². The Balaban J connectivity index is 0.00000361. The summed E-state index contributed by atoms with van der Waals surface area (Å²) in [6.45, 7) is 2.69. The Morgan fingerprint density at radius 1 is 1.30 bits per heavy atom. The lowest BCUT2D eigenvalue weighted by Crippen LogP contribution is -2.26. The van der Waals surface area contributed by atoms with Crippen LogP contribution in [0.2, 0.25) is 0 Å². The first-order chi connectivity index (χ1) is 9.01. The molecule has 6 nitrogen and oxygen atoms in total. The Morgan fingerprint density at radius 3 is 2.40 bits per heavy atom. The Bertz CT molecular complexity index is 517. The van der Waals surface area contributed by atoms with Crippen LogP contribution in [-0.4, -0.2) is 34.1 Å². The molecule has 0 fully saturated rings. The van der Waals surface area contributed by atoms with Crippen LogP contribution >= 0.6 is 12.4 Å². The van der Waals surface area contributed by atoms with E-state index in [4.69, 9.17) is 10.5 Å². The van der Waals surface area contributed by atoms with Gasteiger partial charge in [0.15, 0.2) is 0 Å². The molecular weight excluding hydrogens is 304 g/mol. The van der Waals surface area contributed by atoms with Gasteiger partial charge in [-0.05, 0) is 44.2 Å². The minimum absolute atomic E-state index is 0. The van der Waals surface area contributed by atoms with Gasteiger partial charge in [0, 0.05) is 6.54 Å². The molecule has 0 bridgehead atoms. The van der Waals surface area contributed by atoms with Gasteiger partial charge in [-0.1, -0.05) is 0 Å². The van der Waals surface area contributed by atoms with Crippen LogP contribution in [0.4, 0.5) is 0 Å². The Hall–Kier alpha value is -1.15. The Morgan fingerprint density at radius 2 is 1.90 bits per heavy atom. The third-order valence-corrected chi connectivity index (χ3v) is 3.83. The van der Waals surface area contributed by atoms with Crippen LogP contribution < -0.4 is 10.5 Å². The Labute approximate surface area is 125 Å². The van der Waals surface area contributed by atoms with Crippen molar-refractivity contribution < 1.29 is 17.9 Å². The van der Waals surface area contributed by atoms with Gasteiger partial charge in [-0.2, -0.15) is 0 Å². The average Bonchev–Trinajstić information content (AvgIpc) is 2.39. The summed E-state index contributed by atoms with van der Waals surface area (Å²) < 4.78 is 30.9. The lowest BCUT2D eigenvalue weighted by atomic mass is 10.2. The molecule has 3 N–H and O–H groups in total. The van der Waals surface area contributed by atoms with E-state index in [9.17, 15) is 13.2 Å². The third kappa shape index (κ3) is 5.46. The number of nitrogens with two attached hydrogens (primary N) is 1. The molecule has 0 amide bonds. The van der Waals surface area contributed by atoms with E-state index in [1.54, 1.807) is 6.92 Å². The highest BCUT2D eigenvalue weighted by Crippen LogP contribution is 2.11. The fourth-order valence-electron chi connectivity index (χ4n) is 1.38. The van der Waals surface area contributed by atoms with E-state index in [0.717, 1.165) is 0 Å². The molecule has 0 heterocycles. The molecule has 0 aliphatic carbocycles. The van der Waals surface area contributed by atoms with Gasteiger partial charge >= 0.3 is 5.97 Å². The summed E-state index contributed by atoms with van der Waals surface area (Å²) in [6.07, 6.45) is 0.570. The first-order valence-corrected chi connectivity index (χ1v) is 7.46. The molecule has 0 unspecified atom stereocenters. The van der Waals surface area contributed by atoms with E-state index in [-0.39, 0.29) is 23.9 Å². The second kappa shape index (κ2) is 8.91. The number of carbonyl (C=O) groups is 1. The van der Waals surface area contributed by atoms with Crippen molar-refractivity contribution in [2.75, 3.05) is 19.7 Å². The molecule has 0 aliphatic heterocycles. The lowest BCUT2D eigenvalue weighted by molar-refractivity contribution is 0.0526. The van der Waals surface area contributed by atoms with Crippen molar-refractivity contribution in [2.45, 2.75) is 18.2 Å². The summed E-state index contributed by atoms with van der Waals surface area (Å²) in [4.78, 5) is 11.5.